The second kappa shape index (κ2) is 9.78. The minimum Gasteiger partial charge on any atom is -0.381 e. The molecule has 0 radical (unpaired) electrons. The predicted molar refractivity (Wildman–Crippen MR) is 134 cm³/mol. The first kappa shape index (κ1) is 26.9. The number of carbonyl (C=O) groups is 2. The van der Waals surface area contributed by atoms with Gasteiger partial charge in [-0.2, -0.15) is 18.2 Å². The highest BCUT2D eigenvalue weighted by molar-refractivity contribution is 5.85. The van der Waals surface area contributed by atoms with Crippen LogP contribution in [0.25, 0.3) is 11.1 Å². The number of rotatable bonds is 6. The number of aromatic nitrogens is 2. The summed E-state index contributed by atoms with van der Waals surface area (Å²) in [7, 11) is 0. The highest BCUT2D eigenvalue weighted by atomic mass is 19.4. The van der Waals surface area contributed by atoms with Gasteiger partial charge < -0.3 is 19.8 Å². The van der Waals surface area contributed by atoms with Crippen molar-refractivity contribution < 1.29 is 32.4 Å². The molecule has 2 atom stereocenters. The summed E-state index contributed by atoms with van der Waals surface area (Å²) in [6.45, 7) is 5.21. The van der Waals surface area contributed by atoms with Gasteiger partial charge in [0, 0.05) is 19.6 Å². The standard InChI is InChI=1S/C28H29F3N4O4/c1-15-33-25(39-34-15)22-12-21(22)24(36)32-13-17-7-8-19(16-5-4-6-18(11-16)28(29,30)31)20-9-10-35(14-23(17)20)26(37)27(2,3)38/h4-8,11,21-22,38H,9-10,12-14H2,1-3H3,(H,32,36). The Labute approximate surface area is 223 Å². The summed E-state index contributed by atoms with van der Waals surface area (Å²) in [5.41, 5.74) is 1.10. The summed E-state index contributed by atoms with van der Waals surface area (Å²) in [6.07, 6.45) is -3.48. The molecule has 1 fully saturated rings. The van der Waals surface area contributed by atoms with E-state index in [1.54, 1.807) is 30.0 Å². The molecule has 8 nitrogen and oxygen atoms in total. The topological polar surface area (TPSA) is 109 Å². The summed E-state index contributed by atoms with van der Waals surface area (Å²) in [5, 5.41) is 17.0. The summed E-state index contributed by atoms with van der Waals surface area (Å²) < 4.78 is 45.4. The number of aryl methyl sites for hydroxylation is 1. The third-order valence-electron chi connectivity index (χ3n) is 7.26. The van der Waals surface area contributed by atoms with Gasteiger partial charge in [0.2, 0.25) is 11.8 Å². The van der Waals surface area contributed by atoms with Gasteiger partial charge in [-0.3, -0.25) is 9.59 Å². The summed E-state index contributed by atoms with van der Waals surface area (Å²) in [4.78, 5) is 31.4. The quantitative estimate of drug-likeness (QED) is 0.485. The predicted octanol–water partition coefficient (Wildman–Crippen LogP) is 4.14. The molecule has 39 heavy (non-hydrogen) atoms. The van der Waals surface area contributed by atoms with E-state index in [1.807, 2.05) is 0 Å². The first-order valence-electron chi connectivity index (χ1n) is 12.7. The molecule has 1 saturated carbocycles. The lowest BCUT2D eigenvalue weighted by Crippen LogP contribution is -2.47. The van der Waals surface area contributed by atoms with Gasteiger partial charge in [-0.1, -0.05) is 29.4 Å². The van der Waals surface area contributed by atoms with E-state index in [2.05, 4.69) is 15.5 Å². The van der Waals surface area contributed by atoms with Gasteiger partial charge in [0.05, 0.1) is 17.4 Å². The Hall–Kier alpha value is -3.73. The van der Waals surface area contributed by atoms with Crippen molar-refractivity contribution in [3.63, 3.8) is 0 Å². The largest absolute Gasteiger partial charge is 0.416 e. The SMILES string of the molecule is Cc1noc(C2CC2C(=O)NCc2ccc(-c3cccc(C(F)(F)F)c3)c3c2CN(C(=O)C(C)(C)O)CC3)n1. The van der Waals surface area contributed by atoms with Crippen LogP contribution in [-0.2, 0) is 35.3 Å². The number of carbonyl (C=O) groups excluding carboxylic acids is 2. The minimum absolute atomic E-state index is 0.122. The van der Waals surface area contributed by atoms with Gasteiger partial charge in [0.15, 0.2) is 5.82 Å². The fraction of sp³-hybridized carbons (Fsp3) is 0.429. The molecule has 0 bridgehead atoms. The van der Waals surface area contributed by atoms with Crippen molar-refractivity contribution in [2.24, 2.45) is 5.92 Å². The van der Waals surface area contributed by atoms with Crippen LogP contribution in [0, 0.1) is 12.8 Å². The Balaban J connectivity index is 1.42. The Kier molecular flexibility index (Phi) is 6.74. The van der Waals surface area contributed by atoms with Crippen LogP contribution in [-0.4, -0.2) is 44.1 Å². The van der Waals surface area contributed by atoms with E-state index in [9.17, 15) is 27.9 Å². The van der Waals surface area contributed by atoms with Gasteiger partial charge in [-0.15, -0.1) is 0 Å². The zero-order chi connectivity index (χ0) is 28.1. The normalized spacial score (nSPS) is 19.0. The molecule has 2 unspecified atom stereocenters. The molecule has 1 aliphatic carbocycles. The van der Waals surface area contributed by atoms with Crippen molar-refractivity contribution in [3.8, 4) is 11.1 Å². The van der Waals surface area contributed by atoms with Gasteiger partial charge in [-0.25, -0.2) is 0 Å². The van der Waals surface area contributed by atoms with Gasteiger partial charge in [0.25, 0.3) is 5.91 Å². The van der Waals surface area contributed by atoms with Crippen LogP contribution in [0.1, 0.15) is 60.2 Å². The third-order valence-corrected chi connectivity index (χ3v) is 7.26. The molecule has 3 aromatic rings. The van der Waals surface area contributed by atoms with Gasteiger partial charge in [-0.05, 0) is 73.6 Å². The van der Waals surface area contributed by atoms with Crippen molar-refractivity contribution in [2.75, 3.05) is 6.54 Å². The number of amides is 2. The van der Waals surface area contributed by atoms with Crippen molar-refractivity contribution >= 4 is 11.8 Å². The molecule has 2 amide bonds. The van der Waals surface area contributed by atoms with Crippen LogP contribution < -0.4 is 5.32 Å². The number of halogens is 3. The molecule has 2 aliphatic rings. The average Bonchev–Trinajstić information content (AvgIpc) is 3.58. The number of benzene rings is 2. The summed E-state index contributed by atoms with van der Waals surface area (Å²) in [6, 6.07) is 8.71. The lowest BCUT2D eigenvalue weighted by molar-refractivity contribution is -0.148. The Morgan fingerprint density at radius 3 is 2.62 bits per heavy atom. The number of hydrogen-bond donors (Lipinski definition) is 2. The molecule has 0 saturated heterocycles. The lowest BCUT2D eigenvalue weighted by atomic mass is 9.86. The van der Waals surface area contributed by atoms with Crippen molar-refractivity contribution in [1.82, 2.24) is 20.4 Å². The fourth-order valence-corrected chi connectivity index (χ4v) is 5.13. The van der Waals surface area contributed by atoms with E-state index < -0.39 is 23.2 Å². The zero-order valence-corrected chi connectivity index (χ0v) is 21.8. The molecule has 2 heterocycles. The highest BCUT2D eigenvalue weighted by Crippen LogP contribution is 2.47. The van der Waals surface area contributed by atoms with Crippen LogP contribution in [0.5, 0.6) is 0 Å². The van der Waals surface area contributed by atoms with E-state index >= 15 is 0 Å². The maximum Gasteiger partial charge on any atom is 0.416 e. The van der Waals surface area contributed by atoms with Gasteiger partial charge >= 0.3 is 6.18 Å². The lowest BCUT2D eigenvalue weighted by Gasteiger charge is -2.35. The van der Waals surface area contributed by atoms with Crippen LogP contribution in [0.15, 0.2) is 40.9 Å². The Bertz CT molecular complexity index is 1430. The number of nitrogens with one attached hydrogen (secondary N) is 1. The zero-order valence-electron chi connectivity index (χ0n) is 21.8. The molecule has 1 aromatic heterocycles. The first-order valence-corrected chi connectivity index (χ1v) is 12.7. The molecular formula is C28H29F3N4O4. The Morgan fingerprint density at radius 1 is 1.18 bits per heavy atom. The minimum atomic E-state index is -4.48. The molecular weight excluding hydrogens is 513 g/mol. The fourth-order valence-electron chi connectivity index (χ4n) is 5.13. The maximum atomic E-state index is 13.4. The highest BCUT2D eigenvalue weighted by Gasteiger charge is 2.47. The monoisotopic (exact) mass is 542 g/mol. The molecule has 5 rings (SSSR count). The third kappa shape index (κ3) is 5.54. The smallest absolute Gasteiger partial charge is 0.381 e. The van der Waals surface area contributed by atoms with E-state index in [-0.39, 0.29) is 30.8 Å². The summed E-state index contributed by atoms with van der Waals surface area (Å²) in [5.74, 6) is -0.0540. The van der Waals surface area contributed by atoms with E-state index in [4.69, 9.17) is 4.52 Å². The van der Waals surface area contributed by atoms with Crippen molar-refractivity contribution in [1.29, 1.82) is 0 Å². The van der Waals surface area contributed by atoms with Gasteiger partial charge in [0.1, 0.15) is 5.60 Å². The number of hydrogen-bond acceptors (Lipinski definition) is 6. The molecule has 2 aromatic carbocycles. The van der Waals surface area contributed by atoms with Crippen LogP contribution in [0.4, 0.5) is 13.2 Å². The maximum absolute atomic E-state index is 13.4. The molecule has 11 heteroatoms. The number of alkyl halides is 3. The molecule has 2 N–H and O–H groups in total. The molecule has 1 aliphatic heterocycles. The number of fused-ring (bicyclic) bond motifs is 1. The van der Waals surface area contributed by atoms with Crippen LogP contribution in [0.2, 0.25) is 0 Å². The van der Waals surface area contributed by atoms with Crippen LogP contribution in [0.3, 0.4) is 0 Å². The van der Waals surface area contributed by atoms with Crippen molar-refractivity contribution in [3.05, 3.63) is 70.4 Å². The Morgan fingerprint density at radius 2 is 1.95 bits per heavy atom. The van der Waals surface area contributed by atoms with E-state index in [0.29, 0.717) is 42.2 Å². The van der Waals surface area contributed by atoms with E-state index in [0.717, 1.165) is 28.8 Å². The molecule has 0 spiro atoms. The number of nitrogens with zero attached hydrogens (tertiary/aromatic N) is 3. The second-order valence-corrected chi connectivity index (χ2v) is 10.7. The van der Waals surface area contributed by atoms with Crippen molar-refractivity contribution in [2.45, 2.75) is 64.4 Å². The number of aliphatic hydroxyl groups is 1. The van der Waals surface area contributed by atoms with Crippen LogP contribution >= 0.6 is 0 Å². The molecule has 206 valence electrons. The first-order chi connectivity index (χ1) is 18.3. The second-order valence-electron chi connectivity index (χ2n) is 10.7. The average molecular weight is 543 g/mol. The summed E-state index contributed by atoms with van der Waals surface area (Å²) >= 11 is 0. The van der Waals surface area contributed by atoms with E-state index in [1.165, 1.54) is 19.9 Å².